The number of ether oxygens (including phenoxy) is 2. The van der Waals surface area contributed by atoms with E-state index in [0.717, 1.165) is 5.56 Å². The van der Waals surface area contributed by atoms with Crippen LogP contribution in [-0.4, -0.2) is 17.2 Å². The Hall–Kier alpha value is -3.02. The van der Waals surface area contributed by atoms with E-state index in [1.54, 1.807) is 12.1 Å². The van der Waals surface area contributed by atoms with Gasteiger partial charge in [0, 0.05) is 11.8 Å². The summed E-state index contributed by atoms with van der Waals surface area (Å²) in [7, 11) is 0. The van der Waals surface area contributed by atoms with Gasteiger partial charge in [0.15, 0.2) is 5.75 Å². The van der Waals surface area contributed by atoms with E-state index < -0.39 is 12.1 Å². The Morgan fingerprint density at radius 1 is 1.10 bits per heavy atom. The third kappa shape index (κ3) is 3.97. The van der Waals surface area contributed by atoms with Gasteiger partial charge >= 0.3 is 12.1 Å². The smallest absolute Gasteiger partial charge is 0.478 e. The molecule has 2 aromatic rings. The Labute approximate surface area is 120 Å². The van der Waals surface area contributed by atoms with Gasteiger partial charge in [-0.1, -0.05) is 30.3 Å². The molecule has 0 aliphatic rings. The molecule has 6 heteroatoms. The second-order valence-electron chi connectivity index (χ2n) is 4.19. The maximum absolute atomic E-state index is 11.6. The van der Waals surface area contributed by atoms with Crippen LogP contribution >= 0.6 is 0 Å². The van der Waals surface area contributed by atoms with E-state index in [9.17, 15) is 9.59 Å². The summed E-state index contributed by atoms with van der Waals surface area (Å²) < 4.78 is 9.80. The summed E-state index contributed by atoms with van der Waals surface area (Å²) in [4.78, 5) is 22.6. The van der Waals surface area contributed by atoms with Crippen molar-refractivity contribution in [3.63, 3.8) is 0 Å². The van der Waals surface area contributed by atoms with Crippen LogP contribution in [-0.2, 0) is 11.3 Å². The van der Waals surface area contributed by atoms with Crippen molar-refractivity contribution < 1.29 is 24.2 Å². The molecule has 0 aromatic heterocycles. The molecule has 0 unspecified atom stereocenters. The number of aromatic carboxylic acids is 1. The lowest BCUT2D eigenvalue weighted by Crippen LogP contribution is -2.13. The number of nitrogens with two attached hydrogens (primary N) is 1. The molecule has 0 fully saturated rings. The van der Waals surface area contributed by atoms with E-state index in [-0.39, 0.29) is 23.6 Å². The zero-order valence-corrected chi connectivity index (χ0v) is 11.0. The molecule has 0 aliphatic carbocycles. The number of carboxylic acid groups (broad SMARTS) is 1. The van der Waals surface area contributed by atoms with Gasteiger partial charge in [-0.15, -0.1) is 0 Å². The number of hydrogen-bond donors (Lipinski definition) is 2. The lowest BCUT2D eigenvalue weighted by molar-refractivity contribution is 0.0688. The maximum Gasteiger partial charge on any atom is 0.514 e. The first-order valence-electron chi connectivity index (χ1n) is 6.07. The second kappa shape index (κ2) is 6.42. The van der Waals surface area contributed by atoms with Gasteiger partial charge in [0.1, 0.15) is 12.2 Å². The third-order valence-corrected chi connectivity index (χ3v) is 2.63. The van der Waals surface area contributed by atoms with Gasteiger partial charge in [-0.25, -0.2) is 9.59 Å². The van der Waals surface area contributed by atoms with Crippen molar-refractivity contribution in [2.24, 2.45) is 0 Å². The number of anilines is 1. The predicted molar refractivity (Wildman–Crippen MR) is 75.1 cm³/mol. The summed E-state index contributed by atoms with van der Waals surface area (Å²) in [5.41, 5.74) is 6.45. The Morgan fingerprint density at radius 2 is 1.81 bits per heavy atom. The van der Waals surface area contributed by atoms with E-state index >= 15 is 0 Å². The minimum Gasteiger partial charge on any atom is -0.478 e. The molecule has 2 rings (SSSR count). The molecule has 0 bridgehead atoms. The van der Waals surface area contributed by atoms with Gasteiger partial charge in [0.05, 0.1) is 0 Å². The molecule has 0 radical (unpaired) electrons. The van der Waals surface area contributed by atoms with Crippen LogP contribution in [0.4, 0.5) is 10.5 Å². The molecule has 0 spiro atoms. The van der Waals surface area contributed by atoms with Gasteiger partial charge in [-0.3, -0.25) is 0 Å². The molecule has 3 N–H and O–H groups in total. The van der Waals surface area contributed by atoms with Crippen molar-refractivity contribution in [3.8, 4) is 5.75 Å². The summed E-state index contributed by atoms with van der Waals surface area (Å²) in [6.45, 7) is 0.0321. The van der Waals surface area contributed by atoms with Crippen LogP contribution in [0.2, 0.25) is 0 Å². The molecule has 108 valence electrons. The van der Waals surface area contributed by atoms with Crippen LogP contribution < -0.4 is 10.5 Å². The van der Waals surface area contributed by atoms with Crippen LogP contribution in [0.1, 0.15) is 15.9 Å². The standard InChI is InChI=1S/C15H13NO5/c16-11-6-7-12(14(17)18)13(8-11)21-15(19)20-9-10-4-2-1-3-5-10/h1-8H,9,16H2,(H,17,18). The summed E-state index contributed by atoms with van der Waals surface area (Å²) in [5, 5.41) is 9.00. The largest absolute Gasteiger partial charge is 0.514 e. The Balaban J connectivity index is 2.02. The number of carboxylic acids is 1. The quantitative estimate of drug-likeness (QED) is 0.509. The zero-order valence-electron chi connectivity index (χ0n) is 11.0. The van der Waals surface area contributed by atoms with Crippen molar-refractivity contribution in [1.29, 1.82) is 0 Å². The average molecular weight is 287 g/mol. The highest BCUT2D eigenvalue weighted by molar-refractivity contribution is 5.92. The number of hydrogen-bond acceptors (Lipinski definition) is 5. The van der Waals surface area contributed by atoms with Crippen LogP contribution in [0, 0.1) is 0 Å². The first kappa shape index (κ1) is 14.4. The summed E-state index contributed by atoms with van der Waals surface area (Å²) in [5.74, 6) is -1.37. The number of benzene rings is 2. The molecule has 0 atom stereocenters. The number of carbonyl (C=O) groups excluding carboxylic acids is 1. The summed E-state index contributed by atoms with van der Waals surface area (Å²) >= 11 is 0. The van der Waals surface area contributed by atoms with Gasteiger partial charge in [0.2, 0.25) is 0 Å². The SMILES string of the molecule is Nc1ccc(C(=O)O)c(OC(=O)OCc2ccccc2)c1. The summed E-state index contributed by atoms with van der Waals surface area (Å²) in [6.07, 6.45) is -0.994. The maximum atomic E-state index is 11.6. The molecular weight excluding hydrogens is 274 g/mol. The van der Waals surface area contributed by atoms with E-state index in [0.29, 0.717) is 0 Å². The van der Waals surface area contributed by atoms with Gasteiger partial charge in [-0.05, 0) is 17.7 Å². The van der Waals surface area contributed by atoms with Crippen molar-refractivity contribution in [2.75, 3.05) is 5.73 Å². The fourth-order valence-electron chi connectivity index (χ4n) is 1.64. The minimum atomic E-state index is -1.22. The van der Waals surface area contributed by atoms with Crippen molar-refractivity contribution in [1.82, 2.24) is 0 Å². The van der Waals surface area contributed by atoms with E-state index in [4.69, 9.17) is 20.3 Å². The highest BCUT2D eigenvalue weighted by Crippen LogP contribution is 2.22. The molecule has 2 aromatic carbocycles. The summed E-state index contributed by atoms with van der Waals surface area (Å²) in [6, 6.07) is 13.0. The topological polar surface area (TPSA) is 98.9 Å². The van der Waals surface area contributed by atoms with Gasteiger partial charge < -0.3 is 20.3 Å². The Kier molecular flexibility index (Phi) is 4.40. The number of nitrogen functional groups attached to an aromatic ring is 1. The van der Waals surface area contributed by atoms with Crippen molar-refractivity contribution >= 4 is 17.8 Å². The van der Waals surface area contributed by atoms with Crippen molar-refractivity contribution in [3.05, 3.63) is 59.7 Å². The molecule has 0 heterocycles. The van der Waals surface area contributed by atoms with Gasteiger partial charge in [-0.2, -0.15) is 0 Å². The van der Waals surface area contributed by atoms with Gasteiger partial charge in [0.25, 0.3) is 0 Å². The van der Waals surface area contributed by atoms with E-state index in [2.05, 4.69) is 0 Å². The minimum absolute atomic E-state index is 0.0321. The fraction of sp³-hybridized carbons (Fsp3) is 0.0667. The van der Waals surface area contributed by atoms with E-state index in [1.807, 2.05) is 18.2 Å². The first-order chi connectivity index (χ1) is 10.1. The first-order valence-corrected chi connectivity index (χ1v) is 6.07. The highest BCUT2D eigenvalue weighted by Gasteiger charge is 2.15. The highest BCUT2D eigenvalue weighted by atomic mass is 16.7. The van der Waals surface area contributed by atoms with Crippen LogP contribution in [0.5, 0.6) is 5.75 Å². The molecule has 21 heavy (non-hydrogen) atoms. The molecule has 6 nitrogen and oxygen atoms in total. The number of carbonyl (C=O) groups is 2. The fourth-order valence-corrected chi connectivity index (χ4v) is 1.64. The molecule has 0 saturated heterocycles. The molecule has 0 amide bonds. The predicted octanol–water partition coefficient (Wildman–Crippen LogP) is 2.68. The monoisotopic (exact) mass is 287 g/mol. The molecule has 0 saturated carbocycles. The van der Waals surface area contributed by atoms with Crippen LogP contribution in [0.15, 0.2) is 48.5 Å². The van der Waals surface area contributed by atoms with Crippen LogP contribution in [0.25, 0.3) is 0 Å². The van der Waals surface area contributed by atoms with Crippen LogP contribution in [0.3, 0.4) is 0 Å². The average Bonchev–Trinajstić information content (AvgIpc) is 2.46. The molecular formula is C15H13NO5. The molecule has 0 aliphatic heterocycles. The second-order valence-corrected chi connectivity index (χ2v) is 4.19. The van der Waals surface area contributed by atoms with E-state index in [1.165, 1.54) is 18.2 Å². The normalized spacial score (nSPS) is 9.90. The number of rotatable bonds is 4. The Bertz CT molecular complexity index is 654. The Morgan fingerprint density at radius 3 is 2.48 bits per heavy atom. The zero-order chi connectivity index (χ0) is 15.2. The lowest BCUT2D eigenvalue weighted by atomic mass is 10.2. The third-order valence-electron chi connectivity index (χ3n) is 2.63. The lowest BCUT2D eigenvalue weighted by Gasteiger charge is -2.09. The van der Waals surface area contributed by atoms with Crippen molar-refractivity contribution in [2.45, 2.75) is 6.61 Å².